The molecule has 2 N–H and O–H groups in total. The summed E-state index contributed by atoms with van der Waals surface area (Å²) in [5.74, 6) is -1.37. The summed E-state index contributed by atoms with van der Waals surface area (Å²) in [6, 6.07) is 1.17. The van der Waals surface area contributed by atoms with E-state index >= 15 is 0 Å². The Morgan fingerprint density at radius 2 is 2.03 bits per heavy atom. The van der Waals surface area contributed by atoms with E-state index < -0.39 is 23.8 Å². The zero-order valence-electron chi connectivity index (χ0n) is 17.6. The second kappa shape index (κ2) is 8.81. The lowest BCUT2D eigenvalue weighted by molar-refractivity contribution is 0.0742. The number of nitrogens with zero attached hydrogens (tertiary/aromatic N) is 3. The van der Waals surface area contributed by atoms with Crippen LogP contribution < -0.4 is 10.9 Å². The van der Waals surface area contributed by atoms with Crippen molar-refractivity contribution in [3.8, 4) is 10.4 Å². The largest absolute Gasteiger partial charge is 0.365 e. The van der Waals surface area contributed by atoms with E-state index in [1.165, 1.54) is 12.3 Å². The molecule has 1 unspecified atom stereocenters. The zero-order valence-corrected chi connectivity index (χ0v) is 18.4. The van der Waals surface area contributed by atoms with E-state index in [1.54, 1.807) is 4.90 Å². The highest BCUT2D eigenvalue weighted by atomic mass is 32.1. The van der Waals surface area contributed by atoms with E-state index in [0.717, 1.165) is 18.4 Å². The Labute approximate surface area is 182 Å². The number of hydrogen-bond acceptors (Lipinski definition) is 6. The Kier molecular flexibility index (Phi) is 6.54. The van der Waals surface area contributed by atoms with Crippen LogP contribution >= 0.6 is 11.3 Å². The van der Waals surface area contributed by atoms with Gasteiger partial charge in [0.2, 0.25) is 0 Å². The van der Waals surface area contributed by atoms with Crippen LogP contribution in [-0.4, -0.2) is 44.8 Å². The Hall–Kier alpha value is -2.69. The van der Waals surface area contributed by atoms with E-state index in [4.69, 9.17) is 0 Å². The average molecular weight is 456 g/mol. The third kappa shape index (κ3) is 4.97. The highest BCUT2D eigenvalue weighted by Crippen LogP contribution is 2.39. The molecule has 2 amide bonds. The number of carbonyl (C=O) groups excluding carboxylic acids is 2. The molecule has 0 radical (unpaired) electrons. The van der Waals surface area contributed by atoms with Crippen LogP contribution in [0.15, 0.2) is 12.3 Å². The van der Waals surface area contributed by atoms with E-state index in [9.17, 15) is 22.9 Å². The maximum Gasteiger partial charge on any atom is 0.307 e. The Balaban J connectivity index is 2.13. The van der Waals surface area contributed by atoms with Crippen LogP contribution in [-0.2, 0) is 0 Å². The van der Waals surface area contributed by atoms with Crippen LogP contribution in [0.1, 0.15) is 72.8 Å². The minimum atomic E-state index is -2.87. The lowest BCUT2D eigenvalue weighted by Crippen LogP contribution is -2.34. The van der Waals surface area contributed by atoms with Crippen LogP contribution in [0.5, 0.6) is 0 Å². The van der Waals surface area contributed by atoms with Crippen LogP contribution in [0.3, 0.4) is 0 Å². The number of likely N-dealkylation sites (tertiary alicyclic amines) is 1. The number of hydrogen-bond donors (Lipinski definition) is 2. The number of anilines is 1. The normalized spacial score (nSPS) is 16.6. The molecule has 1 aliphatic heterocycles. The van der Waals surface area contributed by atoms with Crippen molar-refractivity contribution in [3.63, 3.8) is 0 Å². The van der Waals surface area contributed by atoms with Gasteiger partial charge in [0, 0.05) is 35.4 Å². The van der Waals surface area contributed by atoms with Gasteiger partial charge in [-0.2, -0.15) is 5.54 Å². The lowest BCUT2D eigenvalue weighted by atomic mass is 10.1. The fourth-order valence-corrected chi connectivity index (χ4v) is 4.42. The Morgan fingerprint density at radius 1 is 1.32 bits per heavy atom. The van der Waals surface area contributed by atoms with Gasteiger partial charge in [-0.3, -0.25) is 9.59 Å². The van der Waals surface area contributed by atoms with Crippen molar-refractivity contribution in [1.82, 2.24) is 20.4 Å². The first kappa shape index (κ1) is 23.0. The van der Waals surface area contributed by atoms with E-state index in [0.29, 0.717) is 17.9 Å². The molecule has 2 aromatic heterocycles. The molecule has 1 atom stereocenters. The topological polar surface area (TPSA) is 87.2 Å². The molecule has 0 aromatic carbocycles. The van der Waals surface area contributed by atoms with Crippen LogP contribution in [0, 0.1) is 0 Å². The van der Waals surface area contributed by atoms with Gasteiger partial charge in [0.25, 0.3) is 12.3 Å². The zero-order chi connectivity index (χ0) is 22.9. The van der Waals surface area contributed by atoms with Crippen molar-refractivity contribution in [2.45, 2.75) is 58.5 Å². The van der Waals surface area contributed by atoms with E-state index in [2.05, 4.69) is 15.3 Å². The fourth-order valence-electron chi connectivity index (χ4n) is 3.45. The number of thiazole rings is 1. The van der Waals surface area contributed by atoms with Crippen LogP contribution in [0.2, 0.25) is 0 Å². The van der Waals surface area contributed by atoms with Gasteiger partial charge in [0.15, 0.2) is 5.01 Å². The molecule has 31 heavy (non-hydrogen) atoms. The first-order valence-electron chi connectivity index (χ1n) is 9.81. The molecule has 2 aromatic rings. The molecule has 3 heterocycles. The summed E-state index contributed by atoms with van der Waals surface area (Å²) in [4.78, 5) is 34.8. The quantitative estimate of drug-likeness (QED) is 0.644. The number of carbonyl (C=O) groups is 2. The number of nitrogens with one attached hydrogen (secondary N) is 2. The van der Waals surface area contributed by atoms with Gasteiger partial charge in [0.1, 0.15) is 11.5 Å². The molecule has 1 aliphatic rings. The van der Waals surface area contributed by atoms with Crippen molar-refractivity contribution in [3.05, 3.63) is 28.5 Å². The summed E-state index contributed by atoms with van der Waals surface area (Å²) < 4.78 is 40.6. The number of aromatic nitrogens is 2. The SMILES string of the molecule is CC1CCCN1C(=O)c1nc(C(=O)NF)sc1-c1cnc(NC(C)(C)C)cc1C(F)F. The average Bonchev–Trinajstić information content (AvgIpc) is 3.32. The second-order valence-corrected chi connectivity index (χ2v) is 9.44. The molecule has 0 saturated carbocycles. The fraction of sp³-hybridized carbons (Fsp3) is 0.500. The van der Waals surface area contributed by atoms with Crippen molar-refractivity contribution < 1.29 is 22.9 Å². The van der Waals surface area contributed by atoms with Gasteiger partial charge in [-0.25, -0.2) is 18.7 Å². The second-order valence-electron chi connectivity index (χ2n) is 8.44. The lowest BCUT2D eigenvalue weighted by Gasteiger charge is -2.23. The summed E-state index contributed by atoms with van der Waals surface area (Å²) >= 11 is 0.680. The number of rotatable bonds is 5. The van der Waals surface area contributed by atoms with Gasteiger partial charge < -0.3 is 10.2 Å². The van der Waals surface area contributed by atoms with Gasteiger partial charge in [0.05, 0.1) is 4.88 Å². The summed E-state index contributed by atoms with van der Waals surface area (Å²) in [7, 11) is 0. The monoisotopic (exact) mass is 455 g/mol. The molecule has 0 spiro atoms. The first-order valence-corrected chi connectivity index (χ1v) is 10.6. The van der Waals surface area contributed by atoms with Gasteiger partial charge in [-0.1, -0.05) is 4.48 Å². The molecular formula is C20H24F3N5O2S. The standard InChI is InChI=1S/C20H24F3N5O2S/c1-10-6-5-7-28(10)19(30)14-15(31-18(25-14)17(29)27-23)12-9-24-13(26-20(2,3)4)8-11(12)16(21)22/h8-10,16H,5-7H2,1-4H3,(H,24,26)(H,27,29). The smallest absolute Gasteiger partial charge is 0.307 e. The third-order valence-electron chi connectivity index (χ3n) is 4.84. The van der Waals surface area contributed by atoms with Crippen molar-refractivity contribution >= 4 is 29.0 Å². The van der Waals surface area contributed by atoms with E-state index in [1.807, 2.05) is 27.7 Å². The minimum absolute atomic E-state index is 0.0138. The van der Waals surface area contributed by atoms with Gasteiger partial charge >= 0.3 is 5.91 Å². The van der Waals surface area contributed by atoms with E-state index in [-0.39, 0.29) is 38.6 Å². The summed E-state index contributed by atoms with van der Waals surface area (Å²) in [5.41, 5.74) is 0.0392. The number of alkyl halides is 2. The molecule has 1 fully saturated rings. The summed E-state index contributed by atoms with van der Waals surface area (Å²) in [6.45, 7) is 7.97. The highest BCUT2D eigenvalue weighted by Gasteiger charge is 2.33. The number of amides is 2. The molecule has 0 bridgehead atoms. The number of pyridine rings is 1. The maximum atomic E-state index is 13.9. The van der Waals surface area contributed by atoms with Crippen molar-refractivity contribution in [2.24, 2.45) is 0 Å². The maximum absolute atomic E-state index is 13.9. The Morgan fingerprint density at radius 3 is 2.58 bits per heavy atom. The molecule has 0 aliphatic carbocycles. The molecule has 168 valence electrons. The van der Waals surface area contributed by atoms with Crippen molar-refractivity contribution in [1.29, 1.82) is 0 Å². The Bertz CT molecular complexity index is 990. The van der Waals surface area contributed by atoms with Crippen LogP contribution in [0.25, 0.3) is 10.4 Å². The molecular weight excluding hydrogens is 431 g/mol. The predicted molar refractivity (Wildman–Crippen MR) is 112 cm³/mol. The minimum Gasteiger partial charge on any atom is -0.365 e. The molecule has 1 saturated heterocycles. The first-order chi connectivity index (χ1) is 14.5. The van der Waals surface area contributed by atoms with Crippen LogP contribution in [0.4, 0.5) is 19.1 Å². The summed E-state index contributed by atoms with van der Waals surface area (Å²) in [5, 5.41) is 2.70. The van der Waals surface area contributed by atoms with Gasteiger partial charge in [-0.05, 0) is 46.6 Å². The predicted octanol–water partition coefficient (Wildman–Crippen LogP) is 4.59. The van der Waals surface area contributed by atoms with Crippen molar-refractivity contribution in [2.75, 3.05) is 11.9 Å². The summed E-state index contributed by atoms with van der Waals surface area (Å²) in [6.07, 6.45) is -0.0289. The van der Waals surface area contributed by atoms with Gasteiger partial charge in [-0.15, -0.1) is 11.3 Å². The number of halogens is 3. The molecule has 3 rings (SSSR count). The molecule has 7 nitrogen and oxygen atoms in total. The third-order valence-corrected chi connectivity index (χ3v) is 5.93. The highest BCUT2D eigenvalue weighted by molar-refractivity contribution is 7.17. The molecule has 11 heteroatoms.